The molecule has 1 heterocycles. The number of aliphatic imine (C=N–C) groups is 1. The molecule has 0 atom stereocenters. The van der Waals surface area contributed by atoms with Gasteiger partial charge in [-0.15, -0.1) is 0 Å². The molecule has 152 valence electrons. The molecule has 0 saturated carbocycles. The summed E-state index contributed by atoms with van der Waals surface area (Å²) in [7, 11) is 3.49. The van der Waals surface area contributed by atoms with Gasteiger partial charge in [0.1, 0.15) is 5.60 Å². The van der Waals surface area contributed by atoms with Crippen molar-refractivity contribution >= 4 is 12.1 Å². The number of ether oxygens (including phenoxy) is 2. The Balaban J connectivity index is 2.13. The van der Waals surface area contributed by atoms with E-state index in [1.165, 1.54) is 0 Å². The van der Waals surface area contributed by atoms with Crippen LogP contribution in [0.2, 0.25) is 0 Å². The summed E-state index contributed by atoms with van der Waals surface area (Å²) in [5.74, 6) is 0.829. The molecule has 8 heteroatoms. The average Bonchev–Trinajstić information content (AvgIpc) is 2.59. The van der Waals surface area contributed by atoms with Crippen molar-refractivity contribution in [2.75, 3.05) is 66.6 Å². The Kier molecular flexibility index (Phi) is 10.3. The summed E-state index contributed by atoms with van der Waals surface area (Å²) >= 11 is 0. The van der Waals surface area contributed by atoms with Gasteiger partial charge >= 0.3 is 6.09 Å². The molecule has 1 aliphatic heterocycles. The third-order valence-electron chi connectivity index (χ3n) is 4.01. The van der Waals surface area contributed by atoms with E-state index in [0.29, 0.717) is 0 Å². The molecular formula is C18H37N5O3. The van der Waals surface area contributed by atoms with Crippen LogP contribution in [0.4, 0.5) is 4.79 Å². The number of guanidine groups is 1. The number of hydrogen-bond donors (Lipinski definition) is 2. The van der Waals surface area contributed by atoms with E-state index in [-0.39, 0.29) is 6.09 Å². The number of rotatable bonds is 8. The third-order valence-corrected chi connectivity index (χ3v) is 4.01. The summed E-state index contributed by atoms with van der Waals surface area (Å²) in [4.78, 5) is 20.5. The second-order valence-electron chi connectivity index (χ2n) is 7.43. The SMILES string of the molecule is CN=C(NCCCOC)NCCCN1CCN(C(=O)OC(C)(C)C)CC1. The zero-order valence-electron chi connectivity index (χ0n) is 17.1. The summed E-state index contributed by atoms with van der Waals surface area (Å²) in [5, 5.41) is 6.59. The maximum atomic E-state index is 12.1. The number of piperazine rings is 1. The maximum absolute atomic E-state index is 12.1. The molecule has 0 aliphatic carbocycles. The first-order chi connectivity index (χ1) is 12.4. The Labute approximate surface area is 158 Å². The van der Waals surface area contributed by atoms with Crippen molar-refractivity contribution in [2.24, 2.45) is 4.99 Å². The minimum atomic E-state index is -0.434. The largest absolute Gasteiger partial charge is 0.444 e. The second-order valence-corrected chi connectivity index (χ2v) is 7.43. The molecule has 0 aromatic rings. The zero-order chi connectivity index (χ0) is 19.4. The summed E-state index contributed by atoms with van der Waals surface area (Å²) < 4.78 is 10.5. The molecule has 1 aliphatic rings. The van der Waals surface area contributed by atoms with Crippen LogP contribution in [-0.4, -0.2) is 94.0 Å². The van der Waals surface area contributed by atoms with E-state index in [4.69, 9.17) is 9.47 Å². The van der Waals surface area contributed by atoms with Crippen molar-refractivity contribution < 1.29 is 14.3 Å². The van der Waals surface area contributed by atoms with Crippen LogP contribution in [0.25, 0.3) is 0 Å². The fraction of sp³-hybridized carbons (Fsp3) is 0.889. The van der Waals surface area contributed by atoms with Gasteiger partial charge in [0.25, 0.3) is 0 Å². The van der Waals surface area contributed by atoms with Gasteiger partial charge in [-0.2, -0.15) is 0 Å². The summed E-state index contributed by atoms with van der Waals surface area (Å²) in [6, 6.07) is 0. The predicted molar refractivity (Wildman–Crippen MR) is 105 cm³/mol. The van der Waals surface area contributed by atoms with Gasteiger partial charge < -0.3 is 25.0 Å². The van der Waals surface area contributed by atoms with E-state index in [1.54, 1.807) is 19.1 Å². The van der Waals surface area contributed by atoms with Crippen molar-refractivity contribution in [2.45, 2.75) is 39.2 Å². The molecule has 0 radical (unpaired) electrons. The lowest BCUT2D eigenvalue weighted by atomic mass is 10.2. The van der Waals surface area contributed by atoms with E-state index in [2.05, 4.69) is 20.5 Å². The fourth-order valence-corrected chi connectivity index (χ4v) is 2.63. The Bertz CT molecular complexity index is 429. The predicted octanol–water partition coefficient (Wildman–Crippen LogP) is 1.13. The van der Waals surface area contributed by atoms with E-state index in [0.717, 1.165) is 71.2 Å². The number of methoxy groups -OCH3 is 1. The van der Waals surface area contributed by atoms with E-state index < -0.39 is 5.60 Å². The molecule has 0 spiro atoms. The van der Waals surface area contributed by atoms with Crippen molar-refractivity contribution in [3.8, 4) is 0 Å². The standard InChI is InChI=1S/C18H37N5O3/c1-18(2,3)26-17(24)23-13-11-22(12-14-23)10-6-8-20-16(19-4)21-9-7-15-25-5/h6-15H2,1-5H3,(H2,19,20,21). The van der Waals surface area contributed by atoms with Gasteiger partial charge in [-0.25, -0.2) is 4.79 Å². The monoisotopic (exact) mass is 371 g/mol. The van der Waals surface area contributed by atoms with Gasteiger partial charge in [-0.3, -0.25) is 9.89 Å². The number of hydrogen-bond acceptors (Lipinski definition) is 5. The van der Waals surface area contributed by atoms with Crippen LogP contribution in [0.5, 0.6) is 0 Å². The smallest absolute Gasteiger partial charge is 0.410 e. The normalized spacial score (nSPS) is 16.5. The zero-order valence-corrected chi connectivity index (χ0v) is 17.1. The van der Waals surface area contributed by atoms with Crippen LogP contribution in [0.15, 0.2) is 4.99 Å². The van der Waals surface area contributed by atoms with Gasteiger partial charge in [0.15, 0.2) is 5.96 Å². The molecule has 1 fully saturated rings. The first-order valence-electron chi connectivity index (χ1n) is 9.49. The van der Waals surface area contributed by atoms with Crippen LogP contribution >= 0.6 is 0 Å². The number of carbonyl (C=O) groups is 1. The van der Waals surface area contributed by atoms with Gasteiger partial charge in [0.2, 0.25) is 0 Å². The molecule has 0 bridgehead atoms. The highest BCUT2D eigenvalue weighted by molar-refractivity contribution is 5.79. The van der Waals surface area contributed by atoms with Crippen LogP contribution in [-0.2, 0) is 9.47 Å². The number of nitrogens with zero attached hydrogens (tertiary/aromatic N) is 3. The lowest BCUT2D eigenvalue weighted by Crippen LogP contribution is -2.50. The Morgan fingerprint density at radius 3 is 2.23 bits per heavy atom. The fourth-order valence-electron chi connectivity index (χ4n) is 2.63. The molecule has 1 saturated heterocycles. The van der Waals surface area contributed by atoms with Crippen LogP contribution in [0, 0.1) is 0 Å². The van der Waals surface area contributed by atoms with Crippen molar-refractivity contribution in [1.82, 2.24) is 20.4 Å². The van der Waals surface area contributed by atoms with Crippen LogP contribution in [0.1, 0.15) is 33.6 Å². The van der Waals surface area contributed by atoms with Crippen molar-refractivity contribution in [3.05, 3.63) is 0 Å². The Morgan fingerprint density at radius 2 is 1.69 bits per heavy atom. The Morgan fingerprint density at radius 1 is 1.08 bits per heavy atom. The molecule has 0 unspecified atom stereocenters. The molecule has 0 aromatic heterocycles. The highest BCUT2D eigenvalue weighted by Gasteiger charge is 2.25. The molecule has 1 rings (SSSR count). The van der Waals surface area contributed by atoms with E-state index in [1.807, 2.05) is 20.8 Å². The van der Waals surface area contributed by atoms with Crippen LogP contribution in [0.3, 0.4) is 0 Å². The Hall–Kier alpha value is -1.54. The lowest BCUT2D eigenvalue weighted by Gasteiger charge is -2.35. The molecule has 8 nitrogen and oxygen atoms in total. The van der Waals surface area contributed by atoms with Crippen molar-refractivity contribution in [3.63, 3.8) is 0 Å². The van der Waals surface area contributed by atoms with E-state index >= 15 is 0 Å². The highest BCUT2D eigenvalue weighted by atomic mass is 16.6. The average molecular weight is 372 g/mol. The maximum Gasteiger partial charge on any atom is 0.410 e. The molecule has 1 amide bonds. The number of nitrogens with one attached hydrogen (secondary N) is 2. The first-order valence-corrected chi connectivity index (χ1v) is 9.49. The molecule has 0 aromatic carbocycles. The molecule has 2 N–H and O–H groups in total. The lowest BCUT2D eigenvalue weighted by molar-refractivity contribution is 0.0145. The van der Waals surface area contributed by atoms with E-state index in [9.17, 15) is 4.79 Å². The van der Waals surface area contributed by atoms with Gasteiger partial charge in [-0.1, -0.05) is 0 Å². The summed E-state index contributed by atoms with van der Waals surface area (Å²) in [6.45, 7) is 12.4. The summed E-state index contributed by atoms with van der Waals surface area (Å²) in [6.07, 6.45) is 1.78. The van der Waals surface area contributed by atoms with Gasteiger partial charge in [-0.05, 0) is 40.2 Å². The topological polar surface area (TPSA) is 78.4 Å². The second kappa shape index (κ2) is 12.0. The quantitative estimate of drug-likeness (QED) is 0.378. The van der Waals surface area contributed by atoms with Crippen LogP contribution < -0.4 is 10.6 Å². The van der Waals surface area contributed by atoms with Gasteiger partial charge in [0, 0.05) is 60.0 Å². The minimum Gasteiger partial charge on any atom is -0.444 e. The molecular weight excluding hydrogens is 334 g/mol. The third kappa shape index (κ3) is 9.82. The highest BCUT2D eigenvalue weighted by Crippen LogP contribution is 2.11. The number of carbonyl (C=O) groups excluding carboxylic acids is 1. The number of amides is 1. The van der Waals surface area contributed by atoms with Crippen molar-refractivity contribution in [1.29, 1.82) is 0 Å². The van der Waals surface area contributed by atoms with Gasteiger partial charge in [0.05, 0.1) is 0 Å². The summed E-state index contributed by atoms with van der Waals surface area (Å²) in [5.41, 5.74) is -0.434. The molecule has 26 heavy (non-hydrogen) atoms. The minimum absolute atomic E-state index is 0.206. The first kappa shape index (κ1) is 22.5.